The number of hydrogen-bond acceptors (Lipinski definition) is 1. The van der Waals surface area contributed by atoms with Gasteiger partial charge in [0, 0.05) is 0 Å². The maximum Gasteiger partial charge on any atom is 0.266 e. The lowest BCUT2D eigenvalue weighted by Crippen LogP contribution is -2.09. The second-order valence-corrected chi connectivity index (χ2v) is 5.02. The molecule has 1 fully saturated rings. The Kier molecular flexibility index (Phi) is 4.68. The monoisotopic (exact) mass is 261 g/mol. The van der Waals surface area contributed by atoms with Gasteiger partial charge in [-0.2, -0.15) is 14.0 Å². The molecule has 0 N–H and O–H groups in total. The van der Waals surface area contributed by atoms with Crippen molar-refractivity contribution in [1.82, 2.24) is 0 Å². The first-order chi connectivity index (χ1) is 9.22. The van der Waals surface area contributed by atoms with E-state index in [1.807, 2.05) is 6.07 Å². The smallest absolute Gasteiger partial charge is 0.192 e. The van der Waals surface area contributed by atoms with Crippen LogP contribution in [0.2, 0.25) is 0 Å². The van der Waals surface area contributed by atoms with Gasteiger partial charge in [-0.05, 0) is 48.4 Å². The number of nitrogens with zero attached hydrogens (tertiary/aromatic N) is 1. The third kappa shape index (κ3) is 3.41. The largest absolute Gasteiger partial charge is 0.266 e. The minimum atomic E-state index is -1.66. The van der Waals surface area contributed by atoms with E-state index in [1.54, 1.807) is 12.1 Å². The van der Waals surface area contributed by atoms with E-state index in [4.69, 9.17) is 0 Å². The van der Waals surface area contributed by atoms with Crippen LogP contribution in [0.5, 0.6) is 0 Å². The normalized spacial score (nSPS) is 15.8. The van der Waals surface area contributed by atoms with Crippen molar-refractivity contribution in [2.75, 3.05) is 0 Å². The first-order valence-electron chi connectivity index (χ1n) is 6.75. The summed E-state index contributed by atoms with van der Waals surface area (Å²) >= 11 is 0. The molecule has 1 aliphatic carbocycles. The number of hydrogen-bond donors (Lipinski definition) is 0. The molecule has 0 unspecified atom stereocenters. The Bertz CT molecular complexity index is 504. The van der Waals surface area contributed by atoms with Crippen molar-refractivity contribution in [3.63, 3.8) is 0 Å². The zero-order chi connectivity index (χ0) is 13.7. The Morgan fingerprint density at radius 1 is 1.26 bits per heavy atom. The van der Waals surface area contributed by atoms with Crippen molar-refractivity contribution in [3.05, 3.63) is 47.0 Å². The maximum atomic E-state index is 12.3. The molecule has 0 radical (unpaired) electrons. The van der Waals surface area contributed by atoms with Crippen LogP contribution in [0.1, 0.15) is 54.7 Å². The molecule has 1 aliphatic rings. The Hall–Kier alpha value is -1.69. The Morgan fingerprint density at radius 3 is 2.63 bits per heavy atom. The van der Waals surface area contributed by atoms with Crippen LogP contribution in [-0.2, 0) is 6.42 Å². The summed E-state index contributed by atoms with van der Waals surface area (Å²) in [6.07, 6.45) is 5.18. The van der Waals surface area contributed by atoms with Gasteiger partial charge in [-0.25, -0.2) is 0 Å². The molecule has 0 amide bonds. The van der Waals surface area contributed by atoms with Gasteiger partial charge in [0.15, 0.2) is 0 Å². The van der Waals surface area contributed by atoms with Crippen molar-refractivity contribution < 1.29 is 8.78 Å². The second kappa shape index (κ2) is 6.47. The summed E-state index contributed by atoms with van der Waals surface area (Å²) in [5.74, 6) is 0.357. The van der Waals surface area contributed by atoms with E-state index in [0.29, 0.717) is 11.5 Å². The molecule has 0 saturated heterocycles. The van der Waals surface area contributed by atoms with Crippen molar-refractivity contribution in [3.8, 4) is 6.07 Å². The molecule has 0 heterocycles. The minimum Gasteiger partial charge on any atom is -0.192 e. The van der Waals surface area contributed by atoms with Crippen LogP contribution in [0.3, 0.4) is 0 Å². The fourth-order valence-corrected chi connectivity index (χ4v) is 2.95. The van der Waals surface area contributed by atoms with Gasteiger partial charge < -0.3 is 0 Å². The fraction of sp³-hybridized carbons (Fsp3) is 0.438. The molecule has 0 atom stereocenters. The number of benzene rings is 1. The summed E-state index contributed by atoms with van der Waals surface area (Å²) in [5, 5.41) is 9.24. The predicted molar refractivity (Wildman–Crippen MR) is 71.0 cm³/mol. The molecule has 0 aromatic heterocycles. The van der Waals surface area contributed by atoms with Gasteiger partial charge in [-0.1, -0.05) is 31.4 Å². The summed E-state index contributed by atoms with van der Waals surface area (Å²) in [6, 6.07) is 7.65. The highest BCUT2D eigenvalue weighted by atomic mass is 19.3. The average Bonchev–Trinajstić information content (AvgIpc) is 2.45. The van der Waals surface area contributed by atoms with Crippen LogP contribution in [-0.4, -0.2) is 0 Å². The lowest BCUT2D eigenvalue weighted by Gasteiger charge is -2.25. The van der Waals surface area contributed by atoms with E-state index in [-0.39, 0.29) is 6.42 Å². The van der Waals surface area contributed by atoms with Crippen molar-refractivity contribution in [2.24, 2.45) is 0 Å². The van der Waals surface area contributed by atoms with E-state index >= 15 is 0 Å². The van der Waals surface area contributed by atoms with Gasteiger partial charge in [0.25, 0.3) is 6.08 Å². The van der Waals surface area contributed by atoms with E-state index in [9.17, 15) is 14.0 Å². The van der Waals surface area contributed by atoms with Gasteiger partial charge in [-0.15, -0.1) is 0 Å². The van der Waals surface area contributed by atoms with E-state index in [2.05, 4.69) is 6.07 Å². The summed E-state index contributed by atoms with van der Waals surface area (Å²) < 4.78 is 24.5. The van der Waals surface area contributed by atoms with Crippen molar-refractivity contribution in [2.45, 2.75) is 44.4 Å². The van der Waals surface area contributed by atoms with Crippen LogP contribution in [0, 0.1) is 11.3 Å². The van der Waals surface area contributed by atoms with Gasteiger partial charge in [0.2, 0.25) is 0 Å². The summed E-state index contributed by atoms with van der Waals surface area (Å²) in [6.45, 7) is 0. The SMILES string of the molecule is N#Cc1cccc(CC=C(F)F)c1C1CCCCC1. The van der Waals surface area contributed by atoms with E-state index in [1.165, 1.54) is 6.42 Å². The first kappa shape index (κ1) is 13.7. The lowest BCUT2D eigenvalue weighted by atomic mass is 9.79. The van der Waals surface area contributed by atoms with Gasteiger partial charge in [-0.3, -0.25) is 0 Å². The molecule has 3 heteroatoms. The highest BCUT2D eigenvalue weighted by molar-refractivity contribution is 5.46. The fourth-order valence-electron chi connectivity index (χ4n) is 2.95. The zero-order valence-electron chi connectivity index (χ0n) is 10.8. The topological polar surface area (TPSA) is 23.8 Å². The molecule has 1 nitrogen and oxygen atoms in total. The number of allylic oxidation sites excluding steroid dienone is 1. The average molecular weight is 261 g/mol. The standard InChI is InChI=1S/C16H17F2N/c17-15(18)10-9-13-7-4-8-14(11-19)16(13)12-5-2-1-3-6-12/h4,7-8,10,12H,1-3,5-6,9H2. The van der Waals surface area contributed by atoms with Crippen LogP contribution >= 0.6 is 0 Å². The highest BCUT2D eigenvalue weighted by Crippen LogP contribution is 2.36. The number of halogens is 2. The van der Waals surface area contributed by atoms with Crippen molar-refractivity contribution >= 4 is 0 Å². The summed E-state index contributed by atoms with van der Waals surface area (Å²) in [5.41, 5.74) is 2.53. The van der Waals surface area contributed by atoms with Crippen LogP contribution < -0.4 is 0 Å². The van der Waals surface area contributed by atoms with Gasteiger partial charge in [0.1, 0.15) is 0 Å². The molecule has 1 aromatic carbocycles. The molecular formula is C16H17F2N. The number of rotatable bonds is 3. The van der Waals surface area contributed by atoms with Crippen molar-refractivity contribution in [1.29, 1.82) is 5.26 Å². The Morgan fingerprint density at radius 2 is 2.00 bits per heavy atom. The molecule has 19 heavy (non-hydrogen) atoms. The molecular weight excluding hydrogens is 244 g/mol. The van der Waals surface area contributed by atoms with E-state index in [0.717, 1.165) is 42.9 Å². The zero-order valence-corrected chi connectivity index (χ0v) is 10.8. The van der Waals surface area contributed by atoms with Crippen LogP contribution in [0.15, 0.2) is 30.4 Å². The third-order valence-electron chi connectivity index (χ3n) is 3.81. The lowest BCUT2D eigenvalue weighted by molar-refractivity contribution is 0.418. The predicted octanol–water partition coefficient (Wildman–Crippen LogP) is 4.93. The quantitative estimate of drug-likeness (QED) is 0.756. The molecule has 0 aliphatic heterocycles. The molecule has 1 aromatic rings. The summed E-state index contributed by atoms with van der Waals surface area (Å²) in [4.78, 5) is 0. The third-order valence-corrected chi connectivity index (χ3v) is 3.81. The Balaban J connectivity index is 2.36. The molecule has 1 saturated carbocycles. The van der Waals surface area contributed by atoms with E-state index < -0.39 is 6.08 Å². The number of nitriles is 1. The summed E-state index contributed by atoms with van der Waals surface area (Å²) in [7, 11) is 0. The maximum absolute atomic E-state index is 12.3. The second-order valence-electron chi connectivity index (χ2n) is 5.02. The molecule has 0 bridgehead atoms. The van der Waals surface area contributed by atoms with Gasteiger partial charge >= 0.3 is 0 Å². The minimum absolute atomic E-state index is 0.212. The van der Waals surface area contributed by atoms with Crippen LogP contribution in [0.25, 0.3) is 0 Å². The Labute approximate surface area is 112 Å². The molecule has 2 rings (SSSR count). The molecule has 100 valence electrons. The van der Waals surface area contributed by atoms with Crippen LogP contribution in [0.4, 0.5) is 8.78 Å². The molecule has 0 spiro atoms. The van der Waals surface area contributed by atoms with Gasteiger partial charge in [0.05, 0.1) is 11.6 Å². The first-order valence-corrected chi connectivity index (χ1v) is 6.75. The highest BCUT2D eigenvalue weighted by Gasteiger charge is 2.21.